The molecule has 0 spiro atoms. The third kappa shape index (κ3) is 2.83. The highest BCUT2D eigenvalue weighted by Gasteiger charge is 2.16. The van der Waals surface area contributed by atoms with E-state index in [1.807, 2.05) is 13.8 Å². The molecule has 0 fully saturated rings. The predicted molar refractivity (Wildman–Crippen MR) is 71.8 cm³/mol. The van der Waals surface area contributed by atoms with Gasteiger partial charge in [0.15, 0.2) is 0 Å². The number of hydrogen-bond donors (Lipinski definition) is 1. The van der Waals surface area contributed by atoms with Crippen LogP contribution >= 0.6 is 23.2 Å². The lowest BCUT2D eigenvalue weighted by Crippen LogP contribution is -2.17. The number of halogens is 2. The maximum Gasteiger partial charge on any atom is 0.249 e. The fourth-order valence-electron chi connectivity index (χ4n) is 1.57. The molecule has 2 rings (SSSR count). The van der Waals surface area contributed by atoms with Gasteiger partial charge in [-0.3, -0.25) is 0 Å². The zero-order valence-corrected chi connectivity index (χ0v) is 11.6. The summed E-state index contributed by atoms with van der Waals surface area (Å²) in [7, 11) is 0. The van der Waals surface area contributed by atoms with Gasteiger partial charge in [0.1, 0.15) is 0 Å². The Bertz CT molecular complexity index is 542. The minimum absolute atomic E-state index is 0.00853. The number of benzene rings is 1. The van der Waals surface area contributed by atoms with Crippen LogP contribution in [0.1, 0.15) is 25.8 Å². The van der Waals surface area contributed by atoms with Gasteiger partial charge in [0, 0.05) is 5.02 Å². The molecule has 0 aliphatic heterocycles. The maximum absolute atomic E-state index is 6.08. The summed E-state index contributed by atoms with van der Waals surface area (Å²) in [5.74, 6) is 0.908. The van der Waals surface area contributed by atoms with Crippen molar-refractivity contribution in [2.75, 3.05) is 6.54 Å². The summed E-state index contributed by atoms with van der Waals surface area (Å²) in [6, 6.07) is 5.14. The van der Waals surface area contributed by atoms with Crippen molar-refractivity contribution >= 4 is 23.2 Å². The van der Waals surface area contributed by atoms with Crippen molar-refractivity contribution in [2.45, 2.75) is 19.9 Å². The maximum atomic E-state index is 6.08. The van der Waals surface area contributed by atoms with E-state index in [9.17, 15) is 0 Å². The van der Waals surface area contributed by atoms with Crippen LogP contribution in [0, 0.1) is 0 Å². The van der Waals surface area contributed by atoms with Crippen LogP contribution in [-0.4, -0.2) is 16.7 Å². The van der Waals surface area contributed by atoms with Crippen molar-refractivity contribution in [1.82, 2.24) is 15.5 Å². The molecule has 18 heavy (non-hydrogen) atoms. The predicted octanol–water partition coefficient (Wildman–Crippen LogP) is 3.71. The fourth-order valence-corrected chi connectivity index (χ4v) is 1.94. The van der Waals surface area contributed by atoms with E-state index >= 15 is 0 Å². The second kappa shape index (κ2) is 5.69. The third-order valence-corrected chi connectivity index (χ3v) is 3.04. The Hall–Kier alpha value is -1.10. The van der Waals surface area contributed by atoms with Crippen molar-refractivity contribution in [2.24, 2.45) is 0 Å². The minimum Gasteiger partial charge on any atom is -0.419 e. The zero-order valence-electron chi connectivity index (χ0n) is 10.1. The lowest BCUT2D eigenvalue weighted by molar-refractivity contribution is 0.429. The zero-order chi connectivity index (χ0) is 13.1. The Morgan fingerprint density at radius 2 is 2.11 bits per heavy atom. The topological polar surface area (TPSA) is 51.0 Å². The largest absolute Gasteiger partial charge is 0.419 e. The molecule has 0 bridgehead atoms. The van der Waals surface area contributed by atoms with Crippen molar-refractivity contribution in [3.05, 3.63) is 34.1 Å². The van der Waals surface area contributed by atoms with E-state index in [0.717, 1.165) is 6.54 Å². The number of hydrogen-bond acceptors (Lipinski definition) is 4. The second-order valence-electron chi connectivity index (χ2n) is 3.85. The van der Waals surface area contributed by atoms with Crippen LogP contribution in [0.25, 0.3) is 11.5 Å². The van der Waals surface area contributed by atoms with Gasteiger partial charge in [-0.05, 0) is 31.7 Å². The van der Waals surface area contributed by atoms with Gasteiger partial charge < -0.3 is 9.73 Å². The lowest BCUT2D eigenvalue weighted by atomic mass is 10.2. The second-order valence-corrected chi connectivity index (χ2v) is 4.69. The summed E-state index contributed by atoms with van der Waals surface area (Å²) >= 11 is 12.0. The number of aromatic nitrogens is 2. The molecule has 0 amide bonds. The smallest absolute Gasteiger partial charge is 0.249 e. The number of nitrogens with zero attached hydrogens (tertiary/aromatic N) is 2. The molecule has 6 heteroatoms. The molecule has 0 saturated carbocycles. The number of nitrogens with one attached hydrogen (secondary N) is 1. The van der Waals surface area contributed by atoms with Crippen LogP contribution in [0.15, 0.2) is 22.6 Å². The highest BCUT2D eigenvalue weighted by atomic mass is 35.5. The Labute approximate surface area is 115 Å². The van der Waals surface area contributed by atoms with Gasteiger partial charge in [0.2, 0.25) is 11.8 Å². The Kier molecular flexibility index (Phi) is 4.22. The van der Waals surface area contributed by atoms with Crippen LogP contribution < -0.4 is 5.32 Å². The van der Waals surface area contributed by atoms with Crippen molar-refractivity contribution in [3.8, 4) is 11.5 Å². The normalized spacial score (nSPS) is 12.7. The van der Waals surface area contributed by atoms with Crippen LogP contribution in [0.3, 0.4) is 0 Å². The summed E-state index contributed by atoms with van der Waals surface area (Å²) in [5, 5.41) is 12.3. The highest BCUT2D eigenvalue weighted by molar-refractivity contribution is 6.35. The van der Waals surface area contributed by atoms with Gasteiger partial charge >= 0.3 is 0 Å². The molecule has 4 nitrogen and oxygen atoms in total. The Morgan fingerprint density at radius 1 is 1.33 bits per heavy atom. The molecule has 2 aromatic rings. The summed E-state index contributed by atoms with van der Waals surface area (Å²) in [5.41, 5.74) is 0.645. The molecule has 1 atom stereocenters. The first-order valence-electron chi connectivity index (χ1n) is 5.64. The molecule has 1 unspecified atom stereocenters. The average Bonchev–Trinajstić information content (AvgIpc) is 2.82. The molecular formula is C12H13Cl2N3O. The van der Waals surface area contributed by atoms with E-state index < -0.39 is 0 Å². The Morgan fingerprint density at radius 3 is 2.83 bits per heavy atom. The molecule has 1 aromatic carbocycles. The minimum atomic E-state index is 0.00853. The molecular weight excluding hydrogens is 273 g/mol. The van der Waals surface area contributed by atoms with Crippen molar-refractivity contribution in [3.63, 3.8) is 0 Å². The van der Waals surface area contributed by atoms with E-state index in [1.165, 1.54) is 0 Å². The van der Waals surface area contributed by atoms with Crippen LogP contribution in [0.2, 0.25) is 10.0 Å². The molecule has 0 aliphatic rings. The summed E-state index contributed by atoms with van der Waals surface area (Å²) in [6.45, 7) is 4.80. The summed E-state index contributed by atoms with van der Waals surface area (Å²) in [6.07, 6.45) is 0. The van der Waals surface area contributed by atoms with E-state index in [0.29, 0.717) is 27.4 Å². The van der Waals surface area contributed by atoms with E-state index in [1.54, 1.807) is 18.2 Å². The van der Waals surface area contributed by atoms with Gasteiger partial charge in [-0.15, -0.1) is 10.2 Å². The quantitative estimate of drug-likeness (QED) is 0.930. The highest BCUT2D eigenvalue weighted by Crippen LogP contribution is 2.30. The molecule has 0 radical (unpaired) electrons. The van der Waals surface area contributed by atoms with Crippen LogP contribution in [0.4, 0.5) is 0 Å². The molecule has 1 heterocycles. The van der Waals surface area contributed by atoms with Gasteiger partial charge in [-0.25, -0.2) is 0 Å². The molecule has 0 saturated heterocycles. The summed E-state index contributed by atoms with van der Waals surface area (Å²) < 4.78 is 5.59. The molecule has 96 valence electrons. The Balaban J connectivity index is 2.32. The summed E-state index contributed by atoms with van der Waals surface area (Å²) in [4.78, 5) is 0. The molecule has 0 aliphatic carbocycles. The first-order valence-corrected chi connectivity index (χ1v) is 6.39. The first kappa shape index (κ1) is 13.3. The fraction of sp³-hybridized carbons (Fsp3) is 0.333. The van der Waals surface area contributed by atoms with Gasteiger partial charge in [-0.1, -0.05) is 30.1 Å². The average molecular weight is 286 g/mol. The van der Waals surface area contributed by atoms with Gasteiger partial charge in [-0.2, -0.15) is 0 Å². The first-order chi connectivity index (χ1) is 8.61. The SMILES string of the molecule is CCNC(C)c1nnc(-c2cc(Cl)ccc2Cl)o1. The molecule has 1 aromatic heterocycles. The van der Waals surface area contributed by atoms with Gasteiger partial charge in [0.05, 0.1) is 16.6 Å². The third-order valence-electron chi connectivity index (χ3n) is 2.48. The monoisotopic (exact) mass is 285 g/mol. The van der Waals surface area contributed by atoms with E-state index in [2.05, 4.69) is 15.5 Å². The van der Waals surface area contributed by atoms with E-state index in [-0.39, 0.29) is 6.04 Å². The van der Waals surface area contributed by atoms with Crippen molar-refractivity contribution in [1.29, 1.82) is 0 Å². The van der Waals surface area contributed by atoms with Crippen LogP contribution in [-0.2, 0) is 0 Å². The lowest BCUT2D eigenvalue weighted by Gasteiger charge is -2.06. The van der Waals surface area contributed by atoms with Crippen molar-refractivity contribution < 1.29 is 4.42 Å². The number of rotatable bonds is 4. The molecule has 1 N–H and O–H groups in total. The van der Waals surface area contributed by atoms with Crippen LogP contribution in [0.5, 0.6) is 0 Å². The van der Waals surface area contributed by atoms with E-state index in [4.69, 9.17) is 27.6 Å². The van der Waals surface area contributed by atoms with Gasteiger partial charge in [0.25, 0.3) is 0 Å². The standard InChI is InChI=1S/C12H13Cl2N3O/c1-3-15-7(2)11-16-17-12(18-11)9-6-8(13)4-5-10(9)14/h4-7,15H,3H2,1-2H3.